The van der Waals surface area contributed by atoms with Crippen LogP contribution in [0.4, 0.5) is 0 Å². The van der Waals surface area contributed by atoms with Crippen LogP contribution in [-0.2, 0) is 4.79 Å². The van der Waals surface area contributed by atoms with E-state index in [-0.39, 0.29) is 0 Å². The van der Waals surface area contributed by atoms with Crippen molar-refractivity contribution in [3.63, 3.8) is 0 Å². The summed E-state index contributed by atoms with van der Waals surface area (Å²) in [4.78, 5) is 14.3. The van der Waals surface area contributed by atoms with E-state index in [1.54, 1.807) is 0 Å². The van der Waals surface area contributed by atoms with E-state index in [0.29, 0.717) is 29.2 Å². The maximum Gasteiger partial charge on any atom is 0.223 e. The van der Waals surface area contributed by atoms with Gasteiger partial charge in [0.2, 0.25) is 5.91 Å². The number of carbonyl (C=O) groups is 1. The van der Waals surface area contributed by atoms with Crippen molar-refractivity contribution in [2.24, 2.45) is 16.7 Å². The van der Waals surface area contributed by atoms with Gasteiger partial charge in [-0.3, -0.25) is 4.79 Å². The molecule has 2 saturated carbocycles. The highest BCUT2D eigenvalue weighted by Gasteiger charge is 2.60. The molecule has 0 aromatic carbocycles. The summed E-state index contributed by atoms with van der Waals surface area (Å²) in [6, 6.07) is 0.611. The molecule has 3 aliphatic rings. The van der Waals surface area contributed by atoms with Crippen LogP contribution in [0.5, 0.6) is 0 Å². The van der Waals surface area contributed by atoms with Gasteiger partial charge >= 0.3 is 0 Å². The molecule has 2 bridgehead atoms. The summed E-state index contributed by atoms with van der Waals surface area (Å²) in [7, 11) is 0. The summed E-state index contributed by atoms with van der Waals surface area (Å²) in [5.41, 5.74) is 0.882. The monoisotopic (exact) mass is 292 g/mol. The number of nitrogens with one attached hydrogen (secondary N) is 1. The molecule has 1 amide bonds. The van der Waals surface area contributed by atoms with Gasteiger partial charge in [0, 0.05) is 32.1 Å². The summed E-state index contributed by atoms with van der Waals surface area (Å²) < 4.78 is 0. The molecule has 0 radical (unpaired) electrons. The molecule has 3 nitrogen and oxygen atoms in total. The highest BCUT2D eigenvalue weighted by Crippen LogP contribution is 2.65. The predicted octanol–water partition coefficient (Wildman–Crippen LogP) is 3.19. The lowest BCUT2D eigenvalue weighted by molar-refractivity contribution is -0.132. The van der Waals surface area contributed by atoms with Crippen LogP contribution in [0.2, 0.25) is 0 Å². The first-order chi connectivity index (χ1) is 9.95. The molecule has 120 valence electrons. The van der Waals surface area contributed by atoms with Gasteiger partial charge in [0.1, 0.15) is 0 Å². The first-order valence-corrected chi connectivity index (χ1v) is 8.96. The predicted molar refractivity (Wildman–Crippen MR) is 86.1 cm³/mol. The number of hydrogen-bond donors (Lipinski definition) is 1. The van der Waals surface area contributed by atoms with E-state index < -0.39 is 0 Å². The Bertz CT molecular complexity index is 400. The standard InChI is InChI=1S/C18H32N2O/c1-17(2)14-7-9-18(17,3)15(13-14)19-10-8-16(21)20-11-5-4-6-12-20/h14-15,19H,4-13H2,1-3H3. The van der Waals surface area contributed by atoms with Crippen molar-refractivity contribution in [3.8, 4) is 0 Å². The molecule has 3 atom stereocenters. The quantitative estimate of drug-likeness (QED) is 0.863. The van der Waals surface area contributed by atoms with E-state index in [4.69, 9.17) is 0 Å². The first-order valence-electron chi connectivity index (χ1n) is 8.96. The Hall–Kier alpha value is -0.570. The number of carbonyl (C=O) groups excluding carboxylic acids is 1. The van der Waals surface area contributed by atoms with Crippen molar-refractivity contribution in [2.75, 3.05) is 19.6 Å². The average molecular weight is 292 g/mol. The van der Waals surface area contributed by atoms with Crippen molar-refractivity contribution in [2.45, 2.75) is 71.8 Å². The second kappa shape index (κ2) is 5.57. The molecule has 0 aromatic heterocycles. The lowest BCUT2D eigenvalue weighted by Crippen LogP contribution is -2.46. The Balaban J connectivity index is 1.47. The van der Waals surface area contributed by atoms with Gasteiger partial charge < -0.3 is 10.2 Å². The van der Waals surface area contributed by atoms with E-state index in [9.17, 15) is 4.79 Å². The number of fused-ring (bicyclic) bond motifs is 2. The van der Waals surface area contributed by atoms with Crippen LogP contribution in [0.3, 0.4) is 0 Å². The van der Waals surface area contributed by atoms with Gasteiger partial charge in [-0.1, -0.05) is 20.8 Å². The summed E-state index contributed by atoms with van der Waals surface area (Å²) in [6.07, 6.45) is 8.40. The van der Waals surface area contributed by atoms with Crippen molar-refractivity contribution in [3.05, 3.63) is 0 Å². The van der Waals surface area contributed by atoms with Crippen LogP contribution < -0.4 is 5.32 Å². The Morgan fingerprint density at radius 1 is 1.19 bits per heavy atom. The smallest absolute Gasteiger partial charge is 0.223 e. The van der Waals surface area contributed by atoms with Gasteiger partial charge in [0.15, 0.2) is 0 Å². The molecule has 3 heteroatoms. The fourth-order valence-electron chi connectivity index (χ4n) is 5.17. The lowest BCUT2D eigenvalue weighted by atomic mass is 9.69. The molecule has 21 heavy (non-hydrogen) atoms. The minimum absolute atomic E-state index is 0.356. The third-order valence-electron chi connectivity index (χ3n) is 7.23. The van der Waals surface area contributed by atoms with Crippen molar-refractivity contribution >= 4 is 5.91 Å². The highest BCUT2D eigenvalue weighted by molar-refractivity contribution is 5.76. The van der Waals surface area contributed by atoms with Crippen LogP contribution in [-0.4, -0.2) is 36.5 Å². The minimum Gasteiger partial charge on any atom is -0.343 e. The topological polar surface area (TPSA) is 32.3 Å². The molecular weight excluding hydrogens is 260 g/mol. The molecular formula is C18H32N2O. The van der Waals surface area contributed by atoms with Gasteiger partial charge in [-0.15, -0.1) is 0 Å². The molecule has 1 aliphatic heterocycles. The molecule has 1 N–H and O–H groups in total. The number of nitrogens with zero attached hydrogens (tertiary/aromatic N) is 1. The molecule has 0 aromatic rings. The van der Waals surface area contributed by atoms with Crippen LogP contribution in [0.15, 0.2) is 0 Å². The van der Waals surface area contributed by atoms with Gasteiger partial charge in [-0.05, 0) is 55.3 Å². The summed E-state index contributed by atoms with van der Waals surface area (Å²) >= 11 is 0. The molecule has 3 fully saturated rings. The normalized spacial score (nSPS) is 38.0. The maximum absolute atomic E-state index is 12.2. The number of piperidine rings is 1. The number of hydrogen-bond acceptors (Lipinski definition) is 2. The molecule has 1 saturated heterocycles. The second-order valence-corrected chi connectivity index (χ2v) is 8.31. The average Bonchev–Trinajstić information content (AvgIpc) is 2.81. The van der Waals surface area contributed by atoms with E-state index in [1.807, 2.05) is 0 Å². The summed E-state index contributed by atoms with van der Waals surface area (Å²) in [6.45, 7) is 10.2. The Morgan fingerprint density at radius 2 is 1.90 bits per heavy atom. The third kappa shape index (κ3) is 2.52. The zero-order valence-corrected chi connectivity index (χ0v) is 14.1. The van der Waals surface area contributed by atoms with Crippen LogP contribution in [0.1, 0.15) is 65.7 Å². The van der Waals surface area contributed by atoms with Crippen molar-refractivity contribution in [1.29, 1.82) is 0 Å². The molecule has 3 unspecified atom stereocenters. The van der Waals surface area contributed by atoms with Gasteiger partial charge in [0.05, 0.1) is 0 Å². The minimum atomic E-state index is 0.356. The van der Waals surface area contributed by atoms with Crippen LogP contribution in [0.25, 0.3) is 0 Å². The number of amides is 1. The van der Waals surface area contributed by atoms with Gasteiger partial charge in [-0.25, -0.2) is 0 Å². The third-order valence-corrected chi connectivity index (χ3v) is 7.23. The van der Waals surface area contributed by atoms with Crippen LogP contribution >= 0.6 is 0 Å². The SMILES string of the molecule is CC1(C)C2CCC1(C)C(NCCC(=O)N1CCCCC1)C2. The fraction of sp³-hybridized carbons (Fsp3) is 0.944. The molecule has 0 spiro atoms. The zero-order chi connectivity index (χ0) is 15.1. The Morgan fingerprint density at radius 3 is 2.48 bits per heavy atom. The second-order valence-electron chi connectivity index (χ2n) is 8.31. The summed E-state index contributed by atoms with van der Waals surface area (Å²) in [5.74, 6) is 1.23. The molecule has 1 heterocycles. The zero-order valence-electron chi connectivity index (χ0n) is 14.1. The summed E-state index contributed by atoms with van der Waals surface area (Å²) in [5, 5.41) is 3.73. The van der Waals surface area contributed by atoms with Crippen molar-refractivity contribution < 1.29 is 4.79 Å². The molecule has 3 rings (SSSR count). The van der Waals surface area contributed by atoms with E-state index in [1.165, 1.54) is 38.5 Å². The number of rotatable bonds is 4. The highest BCUT2D eigenvalue weighted by atomic mass is 16.2. The number of likely N-dealkylation sites (tertiary alicyclic amines) is 1. The van der Waals surface area contributed by atoms with E-state index in [2.05, 4.69) is 31.0 Å². The van der Waals surface area contributed by atoms with E-state index in [0.717, 1.165) is 25.6 Å². The molecule has 2 aliphatic carbocycles. The van der Waals surface area contributed by atoms with E-state index >= 15 is 0 Å². The van der Waals surface area contributed by atoms with Gasteiger partial charge in [-0.2, -0.15) is 0 Å². The largest absolute Gasteiger partial charge is 0.343 e. The van der Waals surface area contributed by atoms with Crippen LogP contribution in [0, 0.1) is 16.7 Å². The van der Waals surface area contributed by atoms with Gasteiger partial charge in [0.25, 0.3) is 0 Å². The first kappa shape index (κ1) is 15.3. The lowest BCUT2D eigenvalue weighted by Gasteiger charge is -2.39. The van der Waals surface area contributed by atoms with Crippen molar-refractivity contribution in [1.82, 2.24) is 10.2 Å². The fourth-order valence-corrected chi connectivity index (χ4v) is 5.17. The Kier molecular flexibility index (Phi) is 4.06. The maximum atomic E-state index is 12.2. The Labute approximate surface area is 129 Å².